The number of hydrogen-bond donors (Lipinski definition) is 8. The molecule has 12 nitrogen and oxygen atoms in total. The number of carbonyl (C=O) groups excluding carboxylic acids is 4. The summed E-state index contributed by atoms with van der Waals surface area (Å²) in [5, 5.41) is 42.2. The molecule has 0 saturated heterocycles. The summed E-state index contributed by atoms with van der Waals surface area (Å²) >= 11 is 0. The van der Waals surface area contributed by atoms with Gasteiger partial charge >= 0.3 is 0 Å². The highest BCUT2D eigenvalue weighted by Crippen LogP contribution is 2.53. The van der Waals surface area contributed by atoms with E-state index >= 15 is 0 Å². The predicted molar refractivity (Wildman–Crippen MR) is 391 cm³/mol. The molecule has 0 spiro atoms. The van der Waals surface area contributed by atoms with Gasteiger partial charge in [0.1, 0.15) is 0 Å². The number of carbonyl (C=O) groups is 4. The predicted octanol–water partition coefficient (Wildman–Crippen LogP) is 20.5. The minimum atomic E-state index is -1.24. The number of hydrogen-bond acceptors (Lipinski definition) is 8. The molecular weight excluding hydrogens is 1140 g/mol. The van der Waals surface area contributed by atoms with Gasteiger partial charge in [0.15, 0.2) is 0 Å². The van der Waals surface area contributed by atoms with Crippen LogP contribution in [0, 0.1) is 29.1 Å². The molecule has 0 aromatic carbocycles. The summed E-state index contributed by atoms with van der Waals surface area (Å²) in [6.45, 7) is 8.90. The van der Waals surface area contributed by atoms with Crippen LogP contribution in [0.1, 0.15) is 432 Å². The Bertz CT molecular complexity index is 1520. The summed E-state index contributed by atoms with van der Waals surface area (Å²) in [5.74, 6) is -4.78. The van der Waals surface area contributed by atoms with Gasteiger partial charge in [0, 0.05) is 29.1 Å². The Morgan fingerprint density at radius 1 is 0.228 bits per heavy atom. The molecule has 0 aromatic rings. The number of primary amides is 4. The van der Waals surface area contributed by atoms with E-state index in [2.05, 4.69) is 27.7 Å². The van der Waals surface area contributed by atoms with Crippen LogP contribution in [0.15, 0.2) is 0 Å². The van der Waals surface area contributed by atoms with Crippen LogP contribution >= 0.6 is 0 Å². The minimum absolute atomic E-state index is 0.191. The molecule has 12 N–H and O–H groups in total. The Kier molecular flexibility index (Phi) is 63.1. The largest absolute Gasteiger partial charge is 0.393 e. The van der Waals surface area contributed by atoms with E-state index in [1.165, 1.54) is 103 Å². The van der Waals surface area contributed by atoms with Crippen molar-refractivity contribution in [2.45, 2.75) is 457 Å². The number of aliphatic hydroxyl groups excluding tert-OH is 4. The zero-order valence-corrected chi connectivity index (χ0v) is 61.4. The van der Waals surface area contributed by atoms with Crippen molar-refractivity contribution in [3.05, 3.63) is 0 Å². The van der Waals surface area contributed by atoms with Crippen molar-refractivity contribution < 1.29 is 39.6 Å². The molecule has 12 heteroatoms. The SMILES string of the molecule is CCCCCCCC(O)CCCCCCCCCC(CCCC(C(CCCCCCCCCC(O)CCCCCCC)C(N)=O)(C(CCCCCCCCCC(O)CCCCCCC)C(N)=O)C(CCCCCCCCCC(O)CCCCCCC)C(N)=O)C(N)=O. The first-order valence-electron chi connectivity index (χ1n) is 40.5. The first kappa shape index (κ1) is 89.7. The fraction of sp³-hybridized carbons (Fsp3) is 0.950. The van der Waals surface area contributed by atoms with Crippen LogP contribution in [0.5, 0.6) is 0 Å². The average Bonchev–Trinajstić information content (AvgIpc) is 0.756. The maximum Gasteiger partial charge on any atom is 0.221 e. The van der Waals surface area contributed by atoms with Gasteiger partial charge in [-0.1, -0.05) is 342 Å². The third-order valence-corrected chi connectivity index (χ3v) is 21.3. The Labute approximate surface area is 569 Å². The van der Waals surface area contributed by atoms with E-state index in [-0.39, 0.29) is 30.3 Å². The van der Waals surface area contributed by atoms with Crippen molar-refractivity contribution in [1.82, 2.24) is 0 Å². The molecule has 0 radical (unpaired) electrons. The zero-order chi connectivity index (χ0) is 68.0. The van der Waals surface area contributed by atoms with E-state index in [1.807, 2.05) is 0 Å². The molecular formula is C80H158N4O8. The maximum atomic E-state index is 14.4. The molecule has 0 aliphatic heterocycles. The van der Waals surface area contributed by atoms with Crippen molar-refractivity contribution in [2.24, 2.45) is 52.0 Å². The molecule has 8 unspecified atom stereocenters. The molecule has 0 aliphatic rings. The minimum Gasteiger partial charge on any atom is -0.393 e. The van der Waals surface area contributed by atoms with E-state index in [4.69, 9.17) is 22.9 Å². The summed E-state index contributed by atoms with van der Waals surface area (Å²) in [5.41, 5.74) is 24.9. The lowest BCUT2D eigenvalue weighted by molar-refractivity contribution is -0.148. The molecule has 0 aromatic heterocycles. The summed E-state index contributed by atoms with van der Waals surface area (Å²) in [4.78, 5) is 56.6. The summed E-state index contributed by atoms with van der Waals surface area (Å²) in [7, 11) is 0. The maximum absolute atomic E-state index is 14.4. The van der Waals surface area contributed by atoms with Crippen LogP contribution in [-0.4, -0.2) is 68.5 Å². The Morgan fingerprint density at radius 2 is 0.391 bits per heavy atom. The smallest absolute Gasteiger partial charge is 0.221 e. The number of unbranched alkanes of at least 4 members (excludes halogenated alkanes) is 40. The molecule has 0 fully saturated rings. The lowest BCUT2D eigenvalue weighted by atomic mass is 9.53. The summed E-state index contributed by atoms with van der Waals surface area (Å²) < 4.78 is 0. The van der Waals surface area contributed by atoms with Crippen molar-refractivity contribution in [1.29, 1.82) is 0 Å². The van der Waals surface area contributed by atoms with Gasteiger partial charge in [-0.2, -0.15) is 0 Å². The second kappa shape index (κ2) is 64.7. The van der Waals surface area contributed by atoms with Gasteiger partial charge < -0.3 is 43.4 Å². The quantitative estimate of drug-likeness (QED) is 0.0271. The highest BCUT2D eigenvalue weighted by atomic mass is 16.3. The second-order valence-electron chi connectivity index (χ2n) is 29.6. The third kappa shape index (κ3) is 50.1. The zero-order valence-electron chi connectivity index (χ0n) is 61.4. The first-order chi connectivity index (χ1) is 44.6. The van der Waals surface area contributed by atoms with Crippen LogP contribution in [0.2, 0.25) is 0 Å². The summed E-state index contributed by atoms with van der Waals surface area (Å²) in [6, 6.07) is 0. The molecule has 0 bridgehead atoms. The molecule has 0 saturated carbocycles. The van der Waals surface area contributed by atoms with Crippen LogP contribution in [0.25, 0.3) is 0 Å². The van der Waals surface area contributed by atoms with Gasteiger partial charge in [-0.25, -0.2) is 0 Å². The third-order valence-electron chi connectivity index (χ3n) is 21.3. The average molecular weight is 1300 g/mol. The first-order valence-corrected chi connectivity index (χ1v) is 40.5. The molecule has 546 valence electrons. The molecule has 0 rings (SSSR count). The highest BCUT2D eigenvalue weighted by molar-refractivity contribution is 5.86. The molecule has 0 heterocycles. The number of rotatable bonds is 75. The van der Waals surface area contributed by atoms with Crippen molar-refractivity contribution in [3.63, 3.8) is 0 Å². The number of aliphatic hydroxyl groups is 4. The van der Waals surface area contributed by atoms with Crippen LogP contribution in [-0.2, 0) is 19.2 Å². The molecule has 92 heavy (non-hydrogen) atoms. The van der Waals surface area contributed by atoms with Gasteiger partial charge in [-0.3, -0.25) is 19.2 Å². The topological polar surface area (TPSA) is 253 Å². The highest BCUT2D eigenvalue weighted by Gasteiger charge is 2.55. The Balaban J connectivity index is 6.47. The molecule has 0 aliphatic carbocycles. The van der Waals surface area contributed by atoms with Gasteiger partial charge in [-0.15, -0.1) is 0 Å². The number of nitrogens with two attached hydrogens (primary N) is 4. The van der Waals surface area contributed by atoms with Gasteiger partial charge in [-0.05, 0) is 89.9 Å². The lowest BCUT2D eigenvalue weighted by Crippen LogP contribution is -2.56. The van der Waals surface area contributed by atoms with Crippen molar-refractivity contribution >= 4 is 23.6 Å². The van der Waals surface area contributed by atoms with Crippen LogP contribution in [0.3, 0.4) is 0 Å². The lowest BCUT2D eigenvalue weighted by Gasteiger charge is -2.49. The van der Waals surface area contributed by atoms with Gasteiger partial charge in [0.2, 0.25) is 23.6 Å². The molecule has 8 atom stereocenters. The van der Waals surface area contributed by atoms with E-state index in [9.17, 15) is 39.6 Å². The van der Waals surface area contributed by atoms with Crippen LogP contribution < -0.4 is 22.9 Å². The van der Waals surface area contributed by atoms with Crippen LogP contribution in [0.4, 0.5) is 0 Å². The van der Waals surface area contributed by atoms with Crippen molar-refractivity contribution in [2.75, 3.05) is 0 Å². The fourth-order valence-corrected chi connectivity index (χ4v) is 15.4. The normalized spacial score (nSPS) is 15.2. The Morgan fingerprint density at radius 3 is 0.576 bits per heavy atom. The fourth-order valence-electron chi connectivity index (χ4n) is 15.4. The second-order valence-corrected chi connectivity index (χ2v) is 29.6. The van der Waals surface area contributed by atoms with E-state index in [0.29, 0.717) is 64.2 Å². The van der Waals surface area contributed by atoms with E-state index < -0.39 is 46.8 Å². The van der Waals surface area contributed by atoms with Gasteiger partial charge in [0.05, 0.1) is 24.4 Å². The Hall–Kier alpha value is -2.28. The molecule has 4 amide bonds. The van der Waals surface area contributed by atoms with E-state index in [0.717, 1.165) is 238 Å². The van der Waals surface area contributed by atoms with Crippen molar-refractivity contribution in [3.8, 4) is 0 Å². The monoisotopic (exact) mass is 1300 g/mol. The standard InChI is InChI=1S/C80H158N4O8/c1-5-9-13-29-42-56-69(85)60-46-34-22-17-21-33-41-54-68(76(81)89)55-53-67-80(73(77(82)90)64-50-38-26-18-23-35-47-61-70(86)57-43-30-14-10-6-2,74(78(83)91)65-51-39-27-19-24-36-48-62-71(87)58-44-31-15-11-7-3)75(79(84)92)66-52-40-28-20-25-37-49-63-72(88)59-45-32-16-12-8-4/h68-75,85-88H,5-67H2,1-4H3,(H2,81,89)(H2,82,90)(H2,83,91)(H2,84,92). The number of amides is 4. The van der Waals surface area contributed by atoms with E-state index in [1.54, 1.807) is 0 Å². The van der Waals surface area contributed by atoms with Gasteiger partial charge in [0.25, 0.3) is 0 Å². The summed E-state index contributed by atoms with van der Waals surface area (Å²) in [6.07, 6.45) is 61.2.